The van der Waals surface area contributed by atoms with Crippen LogP contribution in [-0.4, -0.2) is 47.0 Å². The molecule has 1 heterocycles. The Morgan fingerprint density at radius 3 is 2.13 bits per heavy atom. The van der Waals surface area contributed by atoms with Crippen molar-refractivity contribution in [3.8, 4) is 0 Å². The molecule has 0 saturated carbocycles. The lowest BCUT2D eigenvalue weighted by Crippen LogP contribution is -2.44. The number of imide groups is 1. The lowest BCUT2D eigenvalue weighted by molar-refractivity contribution is -0.150. The zero-order chi connectivity index (χ0) is 22.9. The molecule has 0 bridgehead atoms. The van der Waals surface area contributed by atoms with Gasteiger partial charge in [-0.3, -0.25) is 24.1 Å². The third kappa shape index (κ3) is 4.45. The largest absolute Gasteiger partial charge is 0.454 e. The van der Waals surface area contributed by atoms with Crippen LogP contribution < -0.4 is 5.32 Å². The number of nitrogens with zero attached hydrogens (tertiary/aromatic N) is 1. The van der Waals surface area contributed by atoms with Crippen LogP contribution in [-0.2, 0) is 14.3 Å². The van der Waals surface area contributed by atoms with E-state index in [1.807, 2.05) is 0 Å². The first kappa shape index (κ1) is 22.5. The number of esters is 1. The quantitative estimate of drug-likeness (QED) is 0.400. The molecule has 8 nitrogen and oxygen atoms in total. The monoisotopic (exact) mass is 462 g/mol. The molecular weight excluding hydrogens is 447 g/mol. The van der Waals surface area contributed by atoms with Crippen LogP contribution in [0.25, 0.3) is 0 Å². The maximum atomic E-state index is 12.6. The SMILES string of the molecule is CC(=O)c1ccccc1NC(=O)COC(=O)C(C)N1C(=O)c2cc(Cl)c(Cl)cc2C1=O. The van der Waals surface area contributed by atoms with Gasteiger partial charge in [-0.05, 0) is 38.1 Å². The first-order valence-corrected chi connectivity index (χ1v) is 9.80. The molecule has 31 heavy (non-hydrogen) atoms. The van der Waals surface area contributed by atoms with E-state index in [1.54, 1.807) is 18.2 Å². The Morgan fingerprint density at radius 1 is 1.03 bits per heavy atom. The van der Waals surface area contributed by atoms with E-state index < -0.39 is 36.3 Å². The zero-order valence-corrected chi connectivity index (χ0v) is 17.9. The van der Waals surface area contributed by atoms with Gasteiger partial charge in [0, 0.05) is 5.56 Å². The number of ketones is 1. The Morgan fingerprint density at radius 2 is 1.58 bits per heavy atom. The summed E-state index contributed by atoms with van der Waals surface area (Å²) in [6.45, 7) is 1.99. The number of carbonyl (C=O) groups excluding carboxylic acids is 5. The van der Waals surface area contributed by atoms with Crippen molar-refractivity contribution in [3.63, 3.8) is 0 Å². The number of halogens is 2. The highest BCUT2D eigenvalue weighted by molar-refractivity contribution is 6.43. The maximum Gasteiger partial charge on any atom is 0.329 e. The minimum absolute atomic E-state index is 0.0256. The van der Waals surface area contributed by atoms with Crippen molar-refractivity contribution in [1.82, 2.24) is 4.90 Å². The smallest absolute Gasteiger partial charge is 0.329 e. The highest BCUT2D eigenvalue weighted by Crippen LogP contribution is 2.32. The minimum Gasteiger partial charge on any atom is -0.454 e. The Hall–Kier alpha value is -3.23. The molecule has 2 aromatic rings. The number of Topliss-reactive ketones (excluding diaryl/α,β-unsaturated/α-hetero) is 1. The van der Waals surface area contributed by atoms with Gasteiger partial charge in [-0.25, -0.2) is 4.79 Å². The number of benzene rings is 2. The van der Waals surface area contributed by atoms with Crippen LogP contribution in [0.15, 0.2) is 36.4 Å². The lowest BCUT2D eigenvalue weighted by atomic mass is 10.1. The molecule has 1 N–H and O–H groups in total. The average molecular weight is 463 g/mol. The number of para-hydroxylation sites is 1. The number of hydrogen-bond acceptors (Lipinski definition) is 6. The number of rotatable bonds is 6. The summed E-state index contributed by atoms with van der Waals surface area (Å²) >= 11 is 11.8. The molecule has 1 unspecified atom stereocenters. The molecule has 1 aliphatic rings. The molecule has 3 amide bonds. The Balaban J connectivity index is 1.65. The second-order valence-corrected chi connectivity index (χ2v) is 7.54. The highest BCUT2D eigenvalue weighted by atomic mass is 35.5. The van der Waals surface area contributed by atoms with E-state index >= 15 is 0 Å². The predicted molar refractivity (Wildman–Crippen MR) is 112 cm³/mol. The van der Waals surface area contributed by atoms with Gasteiger partial charge >= 0.3 is 5.97 Å². The van der Waals surface area contributed by atoms with Crippen LogP contribution in [0, 0.1) is 0 Å². The van der Waals surface area contributed by atoms with Gasteiger partial charge < -0.3 is 10.1 Å². The number of fused-ring (bicyclic) bond motifs is 1. The van der Waals surface area contributed by atoms with E-state index in [2.05, 4.69) is 5.32 Å². The van der Waals surface area contributed by atoms with Crippen molar-refractivity contribution < 1.29 is 28.7 Å². The Labute approximate surface area is 187 Å². The van der Waals surface area contributed by atoms with Gasteiger partial charge in [0.05, 0.1) is 26.9 Å². The fraction of sp³-hybridized carbons (Fsp3) is 0.190. The van der Waals surface area contributed by atoms with Gasteiger partial charge in [0.15, 0.2) is 12.4 Å². The Bertz CT molecular complexity index is 1090. The third-order valence-electron chi connectivity index (χ3n) is 4.61. The van der Waals surface area contributed by atoms with E-state index in [0.29, 0.717) is 5.56 Å². The summed E-state index contributed by atoms with van der Waals surface area (Å²) in [5.74, 6) is -3.32. The highest BCUT2D eigenvalue weighted by Gasteiger charge is 2.42. The van der Waals surface area contributed by atoms with Crippen LogP contribution >= 0.6 is 23.2 Å². The number of amides is 3. The summed E-state index contributed by atoms with van der Waals surface area (Å²) < 4.78 is 4.96. The first-order valence-electron chi connectivity index (χ1n) is 9.05. The molecule has 1 atom stereocenters. The molecule has 0 aromatic heterocycles. The minimum atomic E-state index is -1.29. The topological polar surface area (TPSA) is 110 Å². The summed E-state index contributed by atoms with van der Waals surface area (Å²) in [5.41, 5.74) is 0.632. The van der Waals surface area contributed by atoms with Gasteiger partial charge in [-0.15, -0.1) is 0 Å². The molecule has 1 aliphatic heterocycles. The molecule has 10 heteroatoms. The van der Waals surface area contributed by atoms with Crippen LogP contribution in [0.3, 0.4) is 0 Å². The number of hydrogen-bond donors (Lipinski definition) is 1. The summed E-state index contributed by atoms with van der Waals surface area (Å²) in [6.07, 6.45) is 0. The van der Waals surface area contributed by atoms with Crippen molar-refractivity contribution >= 4 is 58.4 Å². The molecule has 0 radical (unpaired) electrons. The standard InChI is InChI=1S/C21H16Cl2N2O6/c1-10(25-19(28)13-7-15(22)16(23)8-14(13)20(25)29)21(30)31-9-18(27)24-17-6-4-3-5-12(17)11(2)26/h3-8,10H,9H2,1-2H3,(H,24,27). The fourth-order valence-corrected chi connectivity index (χ4v) is 3.38. The van der Waals surface area contributed by atoms with Crippen LogP contribution in [0.1, 0.15) is 44.9 Å². The number of anilines is 1. The molecule has 0 fully saturated rings. The summed E-state index contributed by atoms with van der Waals surface area (Å²) in [4.78, 5) is 62.0. The van der Waals surface area contributed by atoms with E-state index in [4.69, 9.17) is 27.9 Å². The number of nitrogens with one attached hydrogen (secondary N) is 1. The third-order valence-corrected chi connectivity index (χ3v) is 5.34. The average Bonchev–Trinajstić information content (AvgIpc) is 2.96. The van der Waals surface area contributed by atoms with Crippen molar-refractivity contribution in [3.05, 3.63) is 63.1 Å². The van der Waals surface area contributed by atoms with Gasteiger partial charge in [0.2, 0.25) is 0 Å². The molecule has 0 aliphatic carbocycles. The molecule has 3 rings (SSSR count). The lowest BCUT2D eigenvalue weighted by Gasteiger charge is -2.20. The summed E-state index contributed by atoms with van der Waals surface area (Å²) in [5, 5.41) is 2.68. The van der Waals surface area contributed by atoms with E-state index in [9.17, 15) is 24.0 Å². The predicted octanol–water partition coefficient (Wildman–Crippen LogP) is 3.36. The zero-order valence-electron chi connectivity index (χ0n) is 16.4. The number of ether oxygens (including phenoxy) is 1. The molecule has 160 valence electrons. The molecule has 2 aromatic carbocycles. The van der Waals surface area contributed by atoms with Crippen molar-refractivity contribution in [2.45, 2.75) is 19.9 Å². The van der Waals surface area contributed by atoms with Crippen molar-refractivity contribution in [1.29, 1.82) is 0 Å². The normalized spacial score (nSPS) is 13.6. The van der Waals surface area contributed by atoms with E-state index in [1.165, 1.54) is 32.0 Å². The first-order chi connectivity index (χ1) is 14.6. The van der Waals surface area contributed by atoms with Gasteiger partial charge in [0.25, 0.3) is 17.7 Å². The van der Waals surface area contributed by atoms with E-state index in [0.717, 1.165) is 4.90 Å². The Kier molecular flexibility index (Phi) is 6.42. The van der Waals surface area contributed by atoms with Gasteiger partial charge in [-0.1, -0.05) is 35.3 Å². The second kappa shape index (κ2) is 8.87. The molecular formula is C21H16Cl2N2O6. The van der Waals surface area contributed by atoms with E-state index in [-0.39, 0.29) is 32.6 Å². The van der Waals surface area contributed by atoms with Crippen LogP contribution in [0.2, 0.25) is 10.0 Å². The van der Waals surface area contributed by atoms with Crippen molar-refractivity contribution in [2.24, 2.45) is 0 Å². The van der Waals surface area contributed by atoms with Gasteiger partial charge in [0.1, 0.15) is 6.04 Å². The fourth-order valence-electron chi connectivity index (χ4n) is 3.05. The van der Waals surface area contributed by atoms with Crippen LogP contribution in [0.4, 0.5) is 5.69 Å². The maximum absolute atomic E-state index is 12.6. The summed E-state index contributed by atoms with van der Waals surface area (Å²) in [6, 6.07) is 7.60. The van der Waals surface area contributed by atoms with Crippen molar-refractivity contribution in [2.75, 3.05) is 11.9 Å². The van der Waals surface area contributed by atoms with Gasteiger partial charge in [-0.2, -0.15) is 0 Å². The molecule has 0 saturated heterocycles. The number of carbonyl (C=O) groups is 5. The summed E-state index contributed by atoms with van der Waals surface area (Å²) in [7, 11) is 0. The second-order valence-electron chi connectivity index (χ2n) is 6.73. The van der Waals surface area contributed by atoms with Crippen LogP contribution in [0.5, 0.6) is 0 Å². The molecule has 0 spiro atoms.